The lowest BCUT2D eigenvalue weighted by molar-refractivity contribution is 0.787. The van der Waals surface area contributed by atoms with Crippen molar-refractivity contribution in [1.82, 2.24) is 14.5 Å². The summed E-state index contributed by atoms with van der Waals surface area (Å²) in [6.07, 6.45) is 3.79. The van der Waals surface area contributed by atoms with Gasteiger partial charge < -0.3 is 9.88 Å². The molecule has 0 atom stereocenters. The largest absolute Gasteiger partial charge is 0.369 e. The van der Waals surface area contributed by atoms with E-state index in [1.54, 1.807) is 6.20 Å². The first-order valence-electron chi connectivity index (χ1n) is 4.91. The molecule has 2 heterocycles. The van der Waals surface area contributed by atoms with Gasteiger partial charge in [0.2, 0.25) is 0 Å². The third kappa shape index (κ3) is 1.43. The second-order valence-electron chi connectivity index (χ2n) is 3.10. The van der Waals surface area contributed by atoms with Gasteiger partial charge in [-0.2, -0.15) is 0 Å². The Bertz CT molecular complexity index is 433. The molecule has 0 aliphatic carbocycles. The maximum atomic E-state index is 4.44. The predicted molar refractivity (Wildman–Crippen MR) is 57.4 cm³/mol. The highest BCUT2D eigenvalue weighted by atomic mass is 15.1. The Labute approximate surface area is 83.0 Å². The van der Waals surface area contributed by atoms with Crippen LogP contribution in [0.25, 0.3) is 11.2 Å². The molecule has 14 heavy (non-hydrogen) atoms. The van der Waals surface area contributed by atoms with E-state index in [9.17, 15) is 0 Å². The summed E-state index contributed by atoms with van der Waals surface area (Å²) < 4.78 is 2.08. The third-order valence-electron chi connectivity index (χ3n) is 2.16. The van der Waals surface area contributed by atoms with E-state index in [2.05, 4.69) is 26.8 Å². The summed E-state index contributed by atoms with van der Waals surface area (Å²) in [5.74, 6) is 0.842. The van der Waals surface area contributed by atoms with Crippen molar-refractivity contribution in [2.75, 3.05) is 11.9 Å². The summed E-state index contributed by atoms with van der Waals surface area (Å²) in [7, 11) is 0. The fourth-order valence-corrected chi connectivity index (χ4v) is 1.48. The molecule has 0 radical (unpaired) electrons. The minimum atomic E-state index is 0.842. The first kappa shape index (κ1) is 8.99. The molecule has 0 amide bonds. The zero-order valence-corrected chi connectivity index (χ0v) is 8.49. The second-order valence-corrected chi connectivity index (χ2v) is 3.10. The number of rotatable bonds is 3. The predicted octanol–water partition coefficient (Wildman–Crippen LogP) is 1.88. The molecule has 2 rings (SSSR count). The maximum Gasteiger partial charge on any atom is 0.158 e. The molecule has 0 saturated carbocycles. The van der Waals surface area contributed by atoms with Gasteiger partial charge in [0.25, 0.3) is 0 Å². The van der Waals surface area contributed by atoms with Gasteiger partial charge in [-0.25, -0.2) is 9.97 Å². The van der Waals surface area contributed by atoms with Crippen LogP contribution in [0.15, 0.2) is 18.5 Å². The number of fused-ring (bicyclic) bond motifs is 1. The lowest BCUT2D eigenvalue weighted by Gasteiger charge is -2.02. The highest BCUT2D eigenvalue weighted by Gasteiger charge is 2.02. The Balaban J connectivity index is 2.46. The van der Waals surface area contributed by atoms with Gasteiger partial charge in [-0.3, -0.25) is 0 Å². The lowest BCUT2D eigenvalue weighted by Crippen LogP contribution is -2.00. The summed E-state index contributed by atoms with van der Waals surface area (Å²) in [6.45, 7) is 5.94. The van der Waals surface area contributed by atoms with Gasteiger partial charge in [0, 0.05) is 19.3 Å². The quantitative estimate of drug-likeness (QED) is 0.803. The van der Waals surface area contributed by atoms with Crippen LogP contribution in [0.4, 0.5) is 5.82 Å². The van der Waals surface area contributed by atoms with Crippen LogP contribution in [0.2, 0.25) is 0 Å². The average Bonchev–Trinajstić information content (AvgIpc) is 2.60. The van der Waals surface area contributed by atoms with Crippen LogP contribution in [0, 0.1) is 0 Å². The number of hydrogen-bond donors (Lipinski definition) is 1. The van der Waals surface area contributed by atoms with Gasteiger partial charge in [0.05, 0.1) is 6.20 Å². The van der Waals surface area contributed by atoms with Crippen molar-refractivity contribution in [3.8, 4) is 0 Å². The van der Waals surface area contributed by atoms with Crippen LogP contribution in [-0.2, 0) is 6.54 Å². The topological polar surface area (TPSA) is 42.7 Å². The minimum absolute atomic E-state index is 0.842. The van der Waals surface area contributed by atoms with E-state index in [-0.39, 0.29) is 0 Å². The molecule has 4 nitrogen and oxygen atoms in total. The highest BCUT2D eigenvalue weighted by Crippen LogP contribution is 2.13. The van der Waals surface area contributed by atoms with E-state index in [4.69, 9.17) is 0 Å². The van der Waals surface area contributed by atoms with Gasteiger partial charge >= 0.3 is 0 Å². The zero-order chi connectivity index (χ0) is 9.97. The molecule has 0 spiro atoms. The molecule has 0 fully saturated rings. The van der Waals surface area contributed by atoms with E-state index >= 15 is 0 Å². The second kappa shape index (κ2) is 3.65. The number of aromatic nitrogens is 3. The van der Waals surface area contributed by atoms with Crippen molar-refractivity contribution in [2.24, 2.45) is 0 Å². The fraction of sp³-hybridized carbons (Fsp3) is 0.400. The molecule has 2 aromatic heterocycles. The standard InChI is InChI=1S/C10H14N4/c1-3-11-9-7-12-10-8(13-9)5-6-14(10)4-2/h5-7H,3-4H2,1-2H3,(H,11,13). The Morgan fingerprint density at radius 1 is 1.43 bits per heavy atom. The molecular formula is C10H14N4. The molecule has 0 unspecified atom stereocenters. The molecule has 74 valence electrons. The summed E-state index contributed by atoms with van der Waals surface area (Å²) in [4.78, 5) is 8.81. The molecule has 0 aromatic carbocycles. The van der Waals surface area contributed by atoms with E-state index in [0.717, 1.165) is 30.1 Å². The molecule has 0 aliphatic rings. The Kier molecular flexibility index (Phi) is 2.35. The summed E-state index contributed by atoms with van der Waals surface area (Å²) >= 11 is 0. The van der Waals surface area contributed by atoms with Crippen molar-refractivity contribution >= 4 is 17.0 Å². The fourth-order valence-electron chi connectivity index (χ4n) is 1.48. The number of nitrogens with zero attached hydrogens (tertiary/aromatic N) is 3. The molecule has 4 heteroatoms. The van der Waals surface area contributed by atoms with Crippen LogP contribution < -0.4 is 5.32 Å². The number of nitrogens with one attached hydrogen (secondary N) is 1. The molecular weight excluding hydrogens is 176 g/mol. The van der Waals surface area contributed by atoms with E-state index < -0.39 is 0 Å². The minimum Gasteiger partial charge on any atom is -0.369 e. The van der Waals surface area contributed by atoms with Crippen LogP contribution in [0.5, 0.6) is 0 Å². The first-order chi connectivity index (χ1) is 6.85. The number of aryl methyl sites for hydroxylation is 1. The Morgan fingerprint density at radius 2 is 2.29 bits per heavy atom. The average molecular weight is 190 g/mol. The van der Waals surface area contributed by atoms with Gasteiger partial charge in [0.15, 0.2) is 5.65 Å². The van der Waals surface area contributed by atoms with Crippen molar-refractivity contribution in [2.45, 2.75) is 20.4 Å². The lowest BCUT2D eigenvalue weighted by atomic mass is 10.5. The zero-order valence-electron chi connectivity index (χ0n) is 8.49. The molecule has 1 N–H and O–H groups in total. The Morgan fingerprint density at radius 3 is 3.00 bits per heavy atom. The maximum absolute atomic E-state index is 4.44. The van der Waals surface area contributed by atoms with E-state index in [1.165, 1.54) is 0 Å². The van der Waals surface area contributed by atoms with Crippen molar-refractivity contribution in [3.05, 3.63) is 18.5 Å². The van der Waals surface area contributed by atoms with Crippen LogP contribution in [0.3, 0.4) is 0 Å². The van der Waals surface area contributed by atoms with Crippen molar-refractivity contribution in [1.29, 1.82) is 0 Å². The highest BCUT2D eigenvalue weighted by molar-refractivity contribution is 5.72. The van der Waals surface area contributed by atoms with Gasteiger partial charge in [-0.1, -0.05) is 0 Å². The van der Waals surface area contributed by atoms with Gasteiger partial charge in [-0.05, 0) is 19.9 Å². The van der Waals surface area contributed by atoms with Gasteiger partial charge in [0.1, 0.15) is 11.3 Å². The summed E-state index contributed by atoms with van der Waals surface area (Å²) in [5.41, 5.74) is 1.90. The van der Waals surface area contributed by atoms with E-state index in [0.29, 0.717) is 0 Å². The van der Waals surface area contributed by atoms with Gasteiger partial charge in [-0.15, -0.1) is 0 Å². The monoisotopic (exact) mass is 190 g/mol. The van der Waals surface area contributed by atoms with Crippen LogP contribution in [-0.4, -0.2) is 21.1 Å². The number of hydrogen-bond acceptors (Lipinski definition) is 3. The summed E-state index contributed by atoms with van der Waals surface area (Å²) in [6, 6.07) is 1.99. The van der Waals surface area contributed by atoms with Crippen molar-refractivity contribution in [3.63, 3.8) is 0 Å². The smallest absolute Gasteiger partial charge is 0.158 e. The first-order valence-corrected chi connectivity index (χ1v) is 4.91. The van der Waals surface area contributed by atoms with E-state index in [1.807, 2.05) is 19.2 Å². The SMILES string of the molecule is CCNc1cnc2c(ccn2CC)n1. The third-order valence-corrected chi connectivity index (χ3v) is 2.16. The number of anilines is 1. The normalized spacial score (nSPS) is 10.7. The molecule has 0 bridgehead atoms. The Hall–Kier alpha value is -1.58. The van der Waals surface area contributed by atoms with Crippen LogP contribution >= 0.6 is 0 Å². The van der Waals surface area contributed by atoms with Crippen molar-refractivity contribution < 1.29 is 0 Å². The van der Waals surface area contributed by atoms with Crippen LogP contribution in [0.1, 0.15) is 13.8 Å². The molecule has 0 aliphatic heterocycles. The molecule has 0 saturated heterocycles. The summed E-state index contributed by atoms with van der Waals surface area (Å²) in [5, 5.41) is 3.14. The molecule has 2 aromatic rings.